The molecule has 0 bridgehead atoms. The first-order valence-corrected chi connectivity index (χ1v) is 6.91. The number of carbonyl (C=O) groups is 1. The van der Waals surface area contributed by atoms with Crippen molar-refractivity contribution >= 4 is 16.6 Å². The van der Waals surface area contributed by atoms with Gasteiger partial charge in [-0.05, 0) is 43.2 Å². The molecule has 0 amide bonds. The van der Waals surface area contributed by atoms with Gasteiger partial charge in [-0.15, -0.1) is 0 Å². The number of pyridine rings is 1. The Hall–Kier alpha value is -1.96. The molecular weight excluding hydrogens is 234 g/mol. The number of carbonyl (C=O) groups excluding carboxylic acids is 1. The fourth-order valence-corrected chi connectivity index (χ4v) is 2.75. The van der Waals surface area contributed by atoms with Crippen molar-refractivity contribution in [2.45, 2.75) is 32.1 Å². The third-order valence-corrected chi connectivity index (χ3v) is 3.78. The van der Waals surface area contributed by atoms with Crippen LogP contribution in [0.5, 0.6) is 0 Å². The van der Waals surface area contributed by atoms with Gasteiger partial charge in [-0.2, -0.15) is 0 Å². The van der Waals surface area contributed by atoms with Gasteiger partial charge in [0.05, 0.1) is 0 Å². The summed E-state index contributed by atoms with van der Waals surface area (Å²) in [5.74, 6) is 0.133. The van der Waals surface area contributed by atoms with E-state index in [0.717, 1.165) is 29.2 Å². The number of nitrogens with zero attached hydrogens (tertiary/aromatic N) is 1. The van der Waals surface area contributed by atoms with Crippen LogP contribution in [0.25, 0.3) is 10.8 Å². The van der Waals surface area contributed by atoms with Crippen molar-refractivity contribution in [1.29, 1.82) is 0 Å². The molecule has 1 aromatic carbocycles. The zero-order valence-corrected chi connectivity index (χ0v) is 10.9. The Morgan fingerprint density at radius 2 is 1.95 bits per heavy atom. The number of benzene rings is 1. The van der Waals surface area contributed by atoms with Crippen molar-refractivity contribution in [3.8, 4) is 0 Å². The highest BCUT2D eigenvalue weighted by molar-refractivity contribution is 6.13. The van der Waals surface area contributed by atoms with Crippen molar-refractivity contribution < 1.29 is 4.79 Å². The summed E-state index contributed by atoms with van der Waals surface area (Å²) in [5.41, 5.74) is 2.10. The van der Waals surface area contributed by atoms with Crippen LogP contribution in [0.15, 0.2) is 48.3 Å². The Labute approximate surface area is 113 Å². The molecule has 1 aliphatic carbocycles. The molecule has 0 spiro atoms. The van der Waals surface area contributed by atoms with E-state index < -0.39 is 0 Å². The van der Waals surface area contributed by atoms with Crippen molar-refractivity contribution in [2.24, 2.45) is 0 Å². The van der Waals surface area contributed by atoms with Crippen LogP contribution in [-0.4, -0.2) is 10.8 Å². The first-order valence-electron chi connectivity index (χ1n) is 6.91. The first kappa shape index (κ1) is 12.1. The number of ketones is 1. The third kappa shape index (κ3) is 2.58. The smallest absolute Gasteiger partial charge is 0.186 e. The molecule has 0 saturated heterocycles. The first-order chi connectivity index (χ1) is 9.34. The summed E-state index contributed by atoms with van der Waals surface area (Å²) < 4.78 is 0. The Balaban J connectivity index is 1.97. The Bertz CT molecular complexity index is 629. The molecule has 1 saturated carbocycles. The van der Waals surface area contributed by atoms with E-state index in [0.29, 0.717) is 0 Å². The summed E-state index contributed by atoms with van der Waals surface area (Å²) in [7, 11) is 0. The molecule has 0 radical (unpaired) electrons. The second kappa shape index (κ2) is 5.35. The summed E-state index contributed by atoms with van der Waals surface area (Å²) in [5, 5.41) is 2.02. The van der Waals surface area contributed by atoms with Crippen molar-refractivity contribution in [1.82, 2.24) is 4.98 Å². The van der Waals surface area contributed by atoms with Gasteiger partial charge in [0.1, 0.15) is 0 Å². The van der Waals surface area contributed by atoms with Crippen molar-refractivity contribution in [3.05, 3.63) is 53.9 Å². The minimum atomic E-state index is 0.133. The van der Waals surface area contributed by atoms with Crippen LogP contribution in [0.2, 0.25) is 0 Å². The number of aromatic nitrogens is 1. The van der Waals surface area contributed by atoms with Gasteiger partial charge in [0, 0.05) is 23.3 Å². The van der Waals surface area contributed by atoms with E-state index in [9.17, 15) is 4.79 Å². The molecule has 1 fully saturated rings. The molecule has 2 nitrogen and oxygen atoms in total. The molecule has 1 aromatic heterocycles. The van der Waals surface area contributed by atoms with E-state index in [1.807, 2.05) is 30.3 Å². The van der Waals surface area contributed by atoms with Crippen LogP contribution in [-0.2, 0) is 0 Å². The number of rotatable bonds is 2. The average molecular weight is 251 g/mol. The molecule has 19 heavy (non-hydrogen) atoms. The molecule has 0 atom stereocenters. The van der Waals surface area contributed by atoms with E-state index >= 15 is 0 Å². The Morgan fingerprint density at radius 1 is 1.11 bits per heavy atom. The topological polar surface area (TPSA) is 30.0 Å². The van der Waals surface area contributed by atoms with Gasteiger partial charge >= 0.3 is 0 Å². The molecule has 1 heterocycles. The standard InChI is InChI=1S/C17H17NO/c19-17(11-13-5-2-1-3-6-13)16-8-4-7-14-12-18-10-9-15(14)16/h4,7-12H,1-3,5-6H2. The summed E-state index contributed by atoms with van der Waals surface area (Å²) >= 11 is 0. The molecule has 3 rings (SSSR count). The SMILES string of the molecule is O=C(C=C1CCCCC1)c1cccc2cnccc12. The molecule has 0 unspecified atom stereocenters. The number of allylic oxidation sites excluding steroid dienone is 2. The van der Waals surface area contributed by atoms with Crippen LogP contribution in [0.1, 0.15) is 42.5 Å². The molecule has 2 heteroatoms. The second-order valence-corrected chi connectivity index (χ2v) is 5.13. The summed E-state index contributed by atoms with van der Waals surface area (Å²) in [6.07, 6.45) is 11.3. The minimum absolute atomic E-state index is 0.133. The lowest BCUT2D eigenvalue weighted by molar-refractivity contribution is 0.104. The van der Waals surface area contributed by atoms with Gasteiger partial charge in [-0.25, -0.2) is 0 Å². The molecular formula is C17H17NO. The van der Waals surface area contributed by atoms with E-state index in [-0.39, 0.29) is 5.78 Å². The summed E-state index contributed by atoms with van der Waals surface area (Å²) in [6, 6.07) is 7.75. The lowest BCUT2D eigenvalue weighted by atomic mass is 9.92. The quantitative estimate of drug-likeness (QED) is 0.588. The van der Waals surface area contributed by atoms with Gasteiger partial charge < -0.3 is 0 Å². The van der Waals surface area contributed by atoms with Crippen molar-refractivity contribution in [3.63, 3.8) is 0 Å². The zero-order chi connectivity index (χ0) is 13.1. The third-order valence-electron chi connectivity index (χ3n) is 3.78. The van der Waals surface area contributed by atoms with Gasteiger partial charge in [0.15, 0.2) is 5.78 Å². The maximum atomic E-state index is 12.4. The predicted molar refractivity (Wildman–Crippen MR) is 77.2 cm³/mol. The maximum Gasteiger partial charge on any atom is 0.186 e. The van der Waals surface area contributed by atoms with Crippen LogP contribution in [0.4, 0.5) is 0 Å². The van der Waals surface area contributed by atoms with Gasteiger partial charge in [-0.1, -0.05) is 30.2 Å². The fraction of sp³-hybridized carbons (Fsp3) is 0.294. The number of fused-ring (bicyclic) bond motifs is 1. The van der Waals surface area contributed by atoms with Gasteiger partial charge in [-0.3, -0.25) is 9.78 Å². The van der Waals surface area contributed by atoms with Crippen LogP contribution >= 0.6 is 0 Å². The van der Waals surface area contributed by atoms with Crippen LogP contribution in [0.3, 0.4) is 0 Å². The largest absolute Gasteiger partial charge is 0.289 e. The monoisotopic (exact) mass is 251 g/mol. The Kier molecular flexibility index (Phi) is 3.41. The number of hydrogen-bond acceptors (Lipinski definition) is 2. The highest BCUT2D eigenvalue weighted by Gasteiger charge is 2.11. The zero-order valence-electron chi connectivity index (χ0n) is 10.9. The average Bonchev–Trinajstić information content (AvgIpc) is 2.47. The molecule has 0 aliphatic heterocycles. The van der Waals surface area contributed by atoms with Crippen LogP contribution < -0.4 is 0 Å². The molecule has 1 aliphatic rings. The lowest BCUT2D eigenvalue weighted by Gasteiger charge is -2.13. The lowest BCUT2D eigenvalue weighted by Crippen LogP contribution is -2.01. The van der Waals surface area contributed by atoms with E-state index in [2.05, 4.69) is 4.98 Å². The van der Waals surface area contributed by atoms with Crippen LogP contribution in [0, 0.1) is 0 Å². The van der Waals surface area contributed by atoms with Crippen molar-refractivity contribution in [2.75, 3.05) is 0 Å². The van der Waals surface area contributed by atoms with Gasteiger partial charge in [0.25, 0.3) is 0 Å². The van der Waals surface area contributed by atoms with E-state index in [4.69, 9.17) is 0 Å². The highest BCUT2D eigenvalue weighted by Crippen LogP contribution is 2.24. The highest BCUT2D eigenvalue weighted by atomic mass is 16.1. The molecule has 96 valence electrons. The second-order valence-electron chi connectivity index (χ2n) is 5.13. The predicted octanol–water partition coefficient (Wildman–Crippen LogP) is 4.31. The van der Waals surface area contributed by atoms with Gasteiger partial charge in [0.2, 0.25) is 0 Å². The Morgan fingerprint density at radius 3 is 2.79 bits per heavy atom. The molecule has 2 aromatic rings. The maximum absolute atomic E-state index is 12.4. The number of hydrogen-bond donors (Lipinski definition) is 0. The van der Waals surface area contributed by atoms with E-state index in [1.165, 1.54) is 24.8 Å². The normalized spacial score (nSPS) is 15.5. The van der Waals surface area contributed by atoms with E-state index in [1.54, 1.807) is 12.4 Å². The fourth-order valence-electron chi connectivity index (χ4n) is 2.75. The minimum Gasteiger partial charge on any atom is -0.289 e. The summed E-state index contributed by atoms with van der Waals surface area (Å²) in [4.78, 5) is 16.5. The molecule has 0 N–H and O–H groups in total. The summed E-state index contributed by atoms with van der Waals surface area (Å²) in [6.45, 7) is 0.